The standard InChI is InChI=1S/C14H25N/c1-5-6-7-12-10-14(2,3)9-8-13(12)11-15-4/h1,12-13,15H,6-11H2,2-4H3. The summed E-state index contributed by atoms with van der Waals surface area (Å²) in [4.78, 5) is 0. The van der Waals surface area contributed by atoms with Gasteiger partial charge in [0.05, 0.1) is 0 Å². The molecule has 1 N–H and O–H groups in total. The second kappa shape index (κ2) is 5.56. The van der Waals surface area contributed by atoms with Crippen molar-refractivity contribution >= 4 is 0 Å². The van der Waals surface area contributed by atoms with Gasteiger partial charge in [0.15, 0.2) is 0 Å². The Morgan fingerprint density at radius 2 is 2.13 bits per heavy atom. The Hall–Kier alpha value is -0.480. The quantitative estimate of drug-likeness (QED) is 0.699. The largest absolute Gasteiger partial charge is 0.319 e. The Morgan fingerprint density at radius 3 is 2.73 bits per heavy atom. The van der Waals surface area contributed by atoms with Gasteiger partial charge in [-0.2, -0.15) is 0 Å². The van der Waals surface area contributed by atoms with E-state index in [2.05, 4.69) is 32.1 Å². The van der Waals surface area contributed by atoms with E-state index in [-0.39, 0.29) is 0 Å². The van der Waals surface area contributed by atoms with Crippen molar-refractivity contribution in [1.29, 1.82) is 0 Å². The van der Waals surface area contributed by atoms with Gasteiger partial charge in [-0.1, -0.05) is 13.8 Å². The molecule has 1 fully saturated rings. The van der Waals surface area contributed by atoms with Crippen molar-refractivity contribution in [2.45, 2.75) is 46.0 Å². The van der Waals surface area contributed by atoms with Gasteiger partial charge in [-0.05, 0) is 56.5 Å². The van der Waals surface area contributed by atoms with Crippen LogP contribution in [0.1, 0.15) is 46.0 Å². The second-order valence-corrected chi connectivity index (χ2v) is 5.73. The Kier molecular flexibility index (Phi) is 4.67. The molecule has 0 spiro atoms. The zero-order valence-corrected chi connectivity index (χ0v) is 10.5. The van der Waals surface area contributed by atoms with E-state index in [0.717, 1.165) is 24.8 Å². The van der Waals surface area contributed by atoms with Gasteiger partial charge in [-0.25, -0.2) is 0 Å². The van der Waals surface area contributed by atoms with E-state index in [9.17, 15) is 0 Å². The Balaban J connectivity index is 2.53. The summed E-state index contributed by atoms with van der Waals surface area (Å²) in [6.45, 7) is 5.95. The lowest BCUT2D eigenvalue weighted by Crippen LogP contribution is -2.35. The molecule has 86 valence electrons. The van der Waals surface area contributed by atoms with Crippen LogP contribution in [-0.4, -0.2) is 13.6 Å². The van der Waals surface area contributed by atoms with Gasteiger partial charge in [-0.3, -0.25) is 0 Å². The molecule has 0 aromatic carbocycles. The van der Waals surface area contributed by atoms with E-state index in [1.807, 2.05) is 0 Å². The molecule has 0 radical (unpaired) electrons. The highest BCUT2D eigenvalue weighted by Crippen LogP contribution is 2.43. The minimum absolute atomic E-state index is 0.531. The molecule has 15 heavy (non-hydrogen) atoms. The van der Waals surface area contributed by atoms with Gasteiger partial charge >= 0.3 is 0 Å². The zero-order valence-electron chi connectivity index (χ0n) is 10.5. The van der Waals surface area contributed by atoms with Crippen LogP contribution in [0, 0.1) is 29.6 Å². The average molecular weight is 207 g/mol. The van der Waals surface area contributed by atoms with Crippen molar-refractivity contribution in [3.8, 4) is 12.3 Å². The molecule has 0 aromatic rings. The lowest BCUT2D eigenvalue weighted by atomic mass is 9.66. The molecule has 2 atom stereocenters. The van der Waals surface area contributed by atoms with E-state index in [1.54, 1.807) is 0 Å². The highest BCUT2D eigenvalue weighted by molar-refractivity contribution is 4.90. The number of rotatable bonds is 4. The lowest BCUT2D eigenvalue weighted by molar-refractivity contribution is 0.112. The third-order valence-electron chi connectivity index (χ3n) is 3.80. The molecule has 0 saturated heterocycles. The van der Waals surface area contributed by atoms with E-state index >= 15 is 0 Å². The van der Waals surface area contributed by atoms with Crippen molar-refractivity contribution < 1.29 is 0 Å². The minimum Gasteiger partial charge on any atom is -0.319 e. The number of hydrogen-bond acceptors (Lipinski definition) is 1. The first-order valence-electron chi connectivity index (χ1n) is 6.17. The van der Waals surface area contributed by atoms with Crippen LogP contribution < -0.4 is 5.32 Å². The SMILES string of the molecule is C#CCCC1CC(C)(C)CCC1CNC. The van der Waals surface area contributed by atoms with Crippen molar-refractivity contribution in [2.75, 3.05) is 13.6 Å². The molecule has 0 aromatic heterocycles. The summed E-state index contributed by atoms with van der Waals surface area (Å²) in [5, 5.41) is 3.32. The Morgan fingerprint density at radius 1 is 1.40 bits per heavy atom. The summed E-state index contributed by atoms with van der Waals surface area (Å²) in [5.41, 5.74) is 0.531. The molecular formula is C14H25N. The maximum atomic E-state index is 5.37. The second-order valence-electron chi connectivity index (χ2n) is 5.73. The van der Waals surface area contributed by atoms with Gasteiger partial charge < -0.3 is 5.32 Å². The first kappa shape index (κ1) is 12.6. The van der Waals surface area contributed by atoms with Crippen LogP contribution in [-0.2, 0) is 0 Å². The molecule has 1 nitrogen and oxygen atoms in total. The Bertz CT molecular complexity index is 224. The first-order valence-corrected chi connectivity index (χ1v) is 6.17. The van der Waals surface area contributed by atoms with Gasteiger partial charge in [0.25, 0.3) is 0 Å². The van der Waals surface area contributed by atoms with E-state index in [4.69, 9.17) is 6.42 Å². The lowest BCUT2D eigenvalue weighted by Gasteiger charge is -2.41. The molecule has 0 amide bonds. The summed E-state index contributed by atoms with van der Waals surface area (Å²) in [5.74, 6) is 4.46. The molecule has 0 aliphatic heterocycles. The average Bonchev–Trinajstić information content (AvgIpc) is 2.18. The molecule has 1 saturated carbocycles. The monoisotopic (exact) mass is 207 g/mol. The minimum atomic E-state index is 0.531. The van der Waals surface area contributed by atoms with Crippen LogP contribution in [0.3, 0.4) is 0 Å². The van der Waals surface area contributed by atoms with Crippen LogP contribution in [0.25, 0.3) is 0 Å². The van der Waals surface area contributed by atoms with Crippen molar-refractivity contribution in [3.05, 3.63) is 0 Å². The van der Waals surface area contributed by atoms with E-state index < -0.39 is 0 Å². The van der Waals surface area contributed by atoms with Gasteiger partial charge in [0, 0.05) is 6.42 Å². The predicted molar refractivity (Wildman–Crippen MR) is 66.6 cm³/mol. The van der Waals surface area contributed by atoms with Crippen LogP contribution in [0.2, 0.25) is 0 Å². The van der Waals surface area contributed by atoms with Crippen LogP contribution >= 0.6 is 0 Å². The third kappa shape index (κ3) is 3.87. The fourth-order valence-corrected chi connectivity index (χ4v) is 2.93. The fraction of sp³-hybridized carbons (Fsp3) is 0.857. The number of terminal acetylenes is 1. The molecule has 1 heteroatoms. The third-order valence-corrected chi connectivity index (χ3v) is 3.80. The maximum absolute atomic E-state index is 5.37. The van der Waals surface area contributed by atoms with Crippen LogP contribution in [0.4, 0.5) is 0 Å². The topological polar surface area (TPSA) is 12.0 Å². The van der Waals surface area contributed by atoms with E-state index in [0.29, 0.717) is 5.41 Å². The molecule has 1 aliphatic carbocycles. The van der Waals surface area contributed by atoms with Gasteiger partial charge in [0.1, 0.15) is 0 Å². The van der Waals surface area contributed by atoms with Crippen molar-refractivity contribution in [3.63, 3.8) is 0 Å². The summed E-state index contributed by atoms with van der Waals surface area (Å²) < 4.78 is 0. The van der Waals surface area contributed by atoms with E-state index in [1.165, 1.54) is 25.7 Å². The predicted octanol–water partition coefficient (Wildman–Crippen LogP) is 3.06. The molecule has 1 aliphatic rings. The van der Waals surface area contributed by atoms with Crippen molar-refractivity contribution in [2.24, 2.45) is 17.3 Å². The van der Waals surface area contributed by atoms with Gasteiger partial charge in [-0.15, -0.1) is 12.3 Å². The zero-order chi connectivity index (χ0) is 11.3. The van der Waals surface area contributed by atoms with Crippen LogP contribution in [0.5, 0.6) is 0 Å². The maximum Gasteiger partial charge on any atom is 0.00888 e. The fourth-order valence-electron chi connectivity index (χ4n) is 2.93. The summed E-state index contributed by atoms with van der Waals surface area (Å²) in [7, 11) is 2.05. The summed E-state index contributed by atoms with van der Waals surface area (Å²) in [6, 6.07) is 0. The first-order chi connectivity index (χ1) is 7.09. The normalized spacial score (nSPS) is 29.7. The van der Waals surface area contributed by atoms with Crippen molar-refractivity contribution in [1.82, 2.24) is 5.32 Å². The highest BCUT2D eigenvalue weighted by Gasteiger charge is 2.33. The molecule has 0 heterocycles. The van der Waals surface area contributed by atoms with Gasteiger partial charge in [0.2, 0.25) is 0 Å². The summed E-state index contributed by atoms with van der Waals surface area (Å²) in [6.07, 6.45) is 11.6. The Labute approximate surface area is 95.0 Å². The number of hydrogen-bond donors (Lipinski definition) is 1. The summed E-state index contributed by atoms with van der Waals surface area (Å²) >= 11 is 0. The molecular weight excluding hydrogens is 182 g/mol. The smallest absolute Gasteiger partial charge is 0.00888 e. The molecule has 0 bridgehead atoms. The molecule has 1 rings (SSSR count). The molecule has 2 unspecified atom stereocenters. The van der Waals surface area contributed by atoms with Crippen LogP contribution in [0.15, 0.2) is 0 Å². The number of nitrogens with one attached hydrogen (secondary N) is 1. The highest BCUT2D eigenvalue weighted by atomic mass is 14.8.